The number of nitrogens with zero attached hydrogens (tertiary/aromatic N) is 5. The molecule has 1 aliphatic heterocycles. The summed E-state index contributed by atoms with van der Waals surface area (Å²) in [7, 11) is 0. The molecule has 0 atom stereocenters. The molecule has 5 nitrogen and oxygen atoms in total. The Bertz CT molecular complexity index is 807. The van der Waals surface area contributed by atoms with E-state index in [0.717, 1.165) is 44.1 Å². The molecule has 0 radical (unpaired) electrons. The quantitative estimate of drug-likeness (QED) is 0.695. The Kier molecular flexibility index (Phi) is 3.67. The van der Waals surface area contributed by atoms with Gasteiger partial charge >= 0.3 is 0 Å². The van der Waals surface area contributed by atoms with Gasteiger partial charge in [0.05, 0.1) is 11.7 Å². The lowest BCUT2D eigenvalue weighted by atomic mass is 10.2. The van der Waals surface area contributed by atoms with E-state index in [4.69, 9.17) is 0 Å². The van der Waals surface area contributed by atoms with E-state index in [9.17, 15) is 4.39 Å². The van der Waals surface area contributed by atoms with Crippen LogP contribution in [0.1, 0.15) is 5.56 Å². The second-order valence-corrected chi connectivity index (χ2v) is 5.78. The van der Waals surface area contributed by atoms with Gasteiger partial charge in [-0.1, -0.05) is 12.1 Å². The third-order valence-corrected chi connectivity index (χ3v) is 4.30. The molecule has 0 N–H and O–H groups in total. The first-order valence-corrected chi connectivity index (χ1v) is 7.81. The molecule has 4 rings (SSSR count). The van der Waals surface area contributed by atoms with Crippen molar-refractivity contribution >= 4 is 11.3 Å². The third kappa shape index (κ3) is 2.90. The molecule has 118 valence electrons. The van der Waals surface area contributed by atoms with Gasteiger partial charge in [-0.3, -0.25) is 4.90 Å². The molecule has 3 aromatic heterocycles. The zero-order chi connectivity index (χ0) is 15.6. The van der Waals surface area contributed by atoms with Crippen LogP contribution in [0.3, 0.4) is 0 Å². The molecule has 23 heavy (non-hydrogen) atoms. The van der Waals surface area contributed by atoms with E-state index in [1.165, 1.54) is 11.6 Å². The highest BCUT2D eigenvalue weighted by Crippen LogP contribution is 2.17. The molecule has 0 bridgehead atoms. The van der Waals surface area contributed by atoms with E-state index in [2.05, 4.69) is 25.9 Å². The van der Waals surface area contributed by atoms with Crippen LogP contribution in [0.5, 0.6) is 0 Å². The molecule has 1 aliphatic rings. The topological polar surface area (TPSA) is 36.7 Å². The van der Waals surface area contributed by atoms with Crippen molar-refractivity contribution in [1.82, 2.24) is 19.5 Å². The summed E-state index contributed by atoms with van der Waals surface area (Å²) in [5.41, 5.74) is 2.39. The number of fused-ring (bicyclic) bond motifs is 1. The van der Waals surface area contributed by atoms with Crippen molar-refractivity contribution in [3.63, 3.8) is 0 Å². The number of piperazine rings is 1. The van der Waals surface area contributed by atoms with Crippen molar-refractivity contribution < 1.29 is 4.39 Å². The van der Waals surface area contributed by atoms with Crippen molar-refractivity contribution in [2.75, 3.05) is 31.1 Å². The zero-order valence-electron chi connectivity index (χ0n) is 12.8. The predicted octanol–water partition coefficient (Wildman–Crippen LogP) is 2.19. The fourth-order valence-corrected chi connectivity index (χ4v) is 3.06. The van der Waals surface area contributed by atoms with E-state index < -0.39 is 5.95 Å². The van der Waals surface area contributed by atoms with E-state index in [1.54, 1.807) is 6.07 Å². The van der Waals surface area contributed by atoms with Crippen molar-refractivity contribution in [3.05, 3.63) is 60.3 Å². The smallest absolute Gasteiger partial charge is 0.214 e. The maximum Gasteiger partial charge on any atom is 0.214 e. The summed E-state index contributed by atoms with van der Waals surface area (Å²) in [6.07, 6.45) is 3.90. The second-order valence-electron chi connectivity index (χ2n) is 5.78. The van der Waals surface area contributed by atoms with Gasteiger partial charge in [-0.25, -0.2) is 9.50 Å². The monoisotopic (exact) mass is 310 g/mol. The van der Waals surface area contributed by atoms with Crippen LogP contribution in [-0.4, -0.2) is 45.7 Å². The molecule has 6 heteroatoms. The van der Waals surface area contributed by atoms with Gasteiger partial charge in [0.2, 0.25) is 5.95 Å². The Labute approximate surface area is 134 Å². The van der Waals surface area contributed by atoms with Gasteiger partial charge in [-0.15, -0.1) is 0 Å². The summed E-state index contributed by atoms with van der Waals surface area (Å²) in [6.45, 7) is 4.47. The minimum absolute atomic E-state index is 0.420. The van der Waals surface area contributed by atoms with E-state index in [1.807, 2.05) is 35.1 Å². The van der Waals surface area contributed by atoms with Crippen LogP contribution >= 0.6 is 0 Å². The summed E-state index contributed by atoms with van der Waals surface area (Å²) < 4.78 is 15.1. The molecule has 4 heterocycles. The molecule has 0 aliphatic carbocycles. The van der Waals surface area contributed by atoms with E-state index in [0.29, 0.717) is 0 Å². The minimum atomic E-state index is -0.420. The first-order chi connectivity index (χ1) is 11.3. The average molecular weight is 310 g/mol. The standard InChI is InChI=1S/C17H18FN5/c18-16-5-3-6-17(20-16)22-10-8-21(9-11-22)13-14-12-19-23-7-2-1-4-15(14)23/h1-7,12H,8-11,13H2/i18-1. The first kappa shape index (κ1) is 14.1. The molecule has 0 unspecified atom stereocenters. The van der Waals surface area contributed by atoms with Crippen LogP contribution in [-0.2, 0) is 6.54 Å². The summed E-state index contributed by atoms with van der Waals surface area (Å²) in [4.78, 5) is 8.50. The van der Waals surface area contributed by atoms with Crippen LogP contribution in [0.2, 0.25) is 0 Å². The highest BCUT2D eigenvalue weighted by molar-refractivity contribution is 5.53. The lowest BCUT2D eigenvalue weighted by Crippen LogP contribution is -2.46. The van der Waals surface area contributed by atoms with Crippen molar-refractivity contribution in [3.8, 4) is 0 Å². The molecule has 1 saturated heterocycles. The molecule has 0 amide bonds. The molecule has 3 aromatic rings. The van der Waals surface area contributed by atoms with E-state index >= 15 is 0 Å². The number of rotatable bonds is 3. The number of pyridine rings is 2. The van der Waals surface area contributed by atoms with Crippen LogP contribution in [0.4, 0.5) is 10.2 Å². The lowest BCUT2D eigenvalue weighted by molar-refractivity contribution is 0.250. The van der Waals surface area contributed by atoms with Gasteiger partial charge in [-0.2, -0.15) is 9.49 Å². The van der Waals surface area contributed by atoms with Crippen molar-refractivity contribution in [1.29, 1.82) is 0 Å². The van der Waals surface area contributed by atoms with Crippen molar-refractivity contribution in [2.24, 2.45) is 0 Å². The summed E-state index contributed by atoms with van der Waals surface area (Å²) >= 11 is 0. The Balaban J connectivity index is 1.42. The molecular formula is C17H18FN5. The SMILES string of the molecule is [18F]c1cccc(N2CCN(Cc3cnn4ccccc34)CC2)n1. The highest BCUT2D eigenvalue weighted by atomic mass is 18.2. The van der Waals surface area contributed by atoms with Crippen LogP contribution < -0.4 is 4.90 Å². The number of aromatic nitrogens is 3. The summed E-state index contributed by atoms with van der Waals surface area (Å²) in [5.74, 6) is 0.303. The van der Waals surface area contributed by atoms with Gasteiger partial charge in [0.25, 0.3) is 0 Å². The van der Waals surface area contributed by atoms with Gasteiger partial charge < -0.3 is 4.90 Å². The Morgan fingerprint density at radius 2 is 1.87 bits per heavy atom. The number of hydrogen-bond donors (Lipinski definition) is 0. The number of halogens is 1. The third-order valence-electron chi connectivity index (χ3n) is 4.30. The normalized spacial score (nSPS) is 16.1. The predicted molar refractivity (Wildman–Crippen MR) is 86.9 cm³/mol. The van der Waals surface area contributed by atoms with Crippen LogP contribution in [0.25, 0.3) is 5.52 Å². The molecule has 0 spiro atoms. The van der Waals surface area contributed by atoms with Gasteiger partial charge in [0.15, 0.2) is 0 Å². The van der Waals surface area contributed by atoms with Gasteiger partial charge in [-0.05, 0) is 24.3 Å². The Morgan fingerprint density at radius 3 is 2.70 bits per heavy atom. The lowest BCUT2D eigenvalue weighted by Gasteiger charge is -2.35. The van der Waals surface area contributed by atoms with Crippen molar-refractivity contribution in [2.45, 2.75) is 6.54 Å². The fraction of sp³-hybridized carbons (Fsp3) is 0.294. The van der Waals surface area contributed by atoms with Gasteiger partial charge in [0, 0.05) is 44.5 Å². The Morgan fingerprint density at radius 1 is 1.00 bits per heavy atom. The summed E-state index contributed by atoms with van der Waals surface area (Å²) in [6, 6.07) is 11.1. The Hall–Kier alpha value is -2.47. The molecule has 1 fully saturated rings. The maximum atomic E-state index is 13.2. The van der Waals surface area contributed by atoms with E-state index in [-0.39, 0.29) is 0 Å². The minimum Gasteiger partial charge on any atom is -0.354 e. The maximum absolute atomic E-state index is 13.2. The molecule has 0 aromatic carbocycles. The first-order valence-electron chi connectivity index (χ1n) is 7.81. The zero-order valence-corrected chi connectivity index (χ0v) is 12.8. The largest absolute Gasteiger partial charge is 0.354 e. The highest BCUT2D eigenvalue weighted by Gasteiger charge is 2.19. The average Bonchev–Trinajstić information content (AvgIpc) is 2.99. The molecular weight excluding hydrogens is 292 g/mol. The van der Waals surface area contributed by atoms with Crippen LogP contribution in [0, 0.1) is 5.95 Å². The second kappa shape index (κ2) is 5.96. The number of anilines is 1. The molecule has 0 saturated carbocycles. The van der Waals surface area contributed by atoms with Gasteiger partial charge in [0.1, 0.15) is 5.82 Å². The number of hydrogen-bond acceptors (Lipinski definition) is 4. The fourth-order valence-electron chi connectivity index (χ4n) is 3.06. The van der Waals surface area contributed by atoms with Crippen LogP contribution in [0.15, 0.2) is 48.8 Å². The summed E-state index contributed by atoms with van der Waals surface area (Å²) in [5, 5.41) is 4.38.